The number of likely N-dealkylation sites (tertiary alicyclic amines) is 1. The second kappa shape index (κ2) is 7.28. The van der Waals surface area contributed by atoms with Gasteiger partial charge < -0.3 is 4.90 Å². The Morgan fingerprint density at radius 1 is 1.04 bits per heavy atom. The zero-order chi connectivity index (χ0) is 16.1. The summed E-state index contributed by atoms with van der Waals surface area (Å²) in [5, 5.41) is 0. The first-order valence-corrected chi connectivity index (χ1v) is 8.40. The van der Waals surface area contributed by atoms with Gasteiger partial charge in [0.25, 0.3) is 0 Å². The van der Waals surface area contributed by atoms with Gasteiger partial charge in [0.05, 0.1) is 0 Å². The van der Waals surface area contributed by atoms with E-state index < -0.39 is 0 Å². The van der Waals surface area contributed by atoms with Crippen molar-refractivity contribution in [1.82, 2.24) is 4.90 Å². The van der Waals surface area contributed by atoms with Gasteiger partial charge >= 0.3 is 0 Å². The maximum Gasteiger partial charge on any atom is 0.226 e. The van der Waals surface area contributed by atoms with Gasteiger partial charge in [-0.25, -0.2) is 0 Å². The predicted octanol–water partition coefficient (Wildman–Crippen LogP) is 4.81. The third-order valence-corrected chi connectivity index (χ3v) is 4.41. The summed E-state index contributed by atoms with van der Waals surface area (Å²) in [6, 6.07) is 19.4. The molecule has 0 aromatic heterocycles. The second-order valence-electron chi connectivity index (χ2n) is 6.05. The van der Waals surface area contributed by atoms with Gasteiger partial charge in [-0.05, 0) is 36.0 Å². The minimum absolute atomic E-state index is 0.251. The highest BCUT2D eigenvalue weighted by Gasteiger charge is 2.29. The van der Waals surface area contributed by atoms with Gasteiger partial charge in [0, 0.05) is 18.7 Å². The Bertz CT molecular complexity index is 673. The van der Waals surface area contributed by atoms with Crippen molar-refractivity contribution in [2.24, 2.45) is 0 Å². The quantitative estimate of drug-likeness (QED) is 0.776. The van der Waals surface area contributed by atoms with Crippen molar-refractivity contribution in [1.29, 1.82) is 0 Å². The number of carbonyl (C=O) groups excluding carboxylic acids is 1. The maximum atomic E-state index is 12.0. The normalized spacial score (nSPS) is 18.0. The molecule has 0 spiro atoms. The predicted molar refractivity (Wildman–Crippen MR) is 94.9 cm³/mol. The molecule has 0 aliphatic carbocycles. The number of benzene rings is 2. The van der Waals surface area contributed by atoms with Crippen molar-refractivity contribution >= 4 is 5.91 Å². The number of amides is 1. The Kier molecular flexibility index (Phi) is 4.92. The van der Waals surface area contributed by atoms with Crippen LogP contribution < -0.4 is 0 Å². The Hall–Kier alpha value is -2.35. The standard InChI is InChI=1S/C21H23NO/c1-2-3-15-22-20(13-14-21(22)23)16-17-9-11-19(12-10-17)18-7-5-4-6-8-18/h3-12,15,20H,2,13-14,16H2,1H3/t20-/m0/s1. The summed E-state index contributed by atoms with van der Waals surface area (Å²) in [6.45, 7) is 2.09. The van der Waals surface area contributed by atoms with E-state index >= 15 is 0 Å². The number of carbonyl (C=O) groups is 1. The smallest absolute Gasteiger partial charge is 0.226 e. The molecule has 3 rings (SSSR count). The molecule has 1 heterocycles. The Balaban J connectivity index is 1.71. The Labute approximate surface area is 138 Å². The monoisotopic (exact) mass is 305 g/mol. The third kappa shape index (κ3) is 3.70. The zero-order valence-corrected chi connectivity index (χ0v) is 13.6. The molecule has 0 radical (unpaired) electrons. The fraction of sp³-hybridized carbons (Fsp3) is 0.286. The number of rotatable bonds is 5. The minimum atomic E-state index is 0.251. The van der Waals surface area contributed by atoms with Gasteiger partial charge in [-0.1, -0.05) is 67.6 Å². The van der Waals surface area contributed by atoms with Crippen LogP contribution in [0, 0.1) is 0 Å². The fourth-order valence-corrected chi connectivity index (χ4v) is 3.12. The van der Waals surface area contributed by atoms with Crippen molar-refractivity contribution in [3.63, 3.8) is 0 Å². The van der Waals surface area contributed by atoms with Crippen LogP contribution in [0.25, 0.3) is 11.1 Å². The van der Waals surface area contributed by atoms with Gasteiger partial charge in [-0.3, -0.25) is 4.79 Å². The molecule has 0 saturated carbocycles. The largest absolute Gasteiger partial charge is 0.316 e. The molecular weight excluding hydrogens is 282 g/mol. The lowest BCUT2D eigenvalue weighted by atomic mass is 10.00. The van der Waals surface area contributed by atoms with Gasteiger partial charge in [-0.2, -0.15) is 0 Å². The number of allylic oxidation sites excluding steroid dienone is 1. The van der Waals surface area contributed by atoms with Crippen molar-refractivity contribution in [2.75, 3.05) is 0 Å². The molecule has 2 heteroatoms. The summed E-state index contributed by atoms with van der Waals surface area (Å²) < 4.78 is 0. The van der Waals surface area contributed by atoms with E-state index in [-0.39, 0.29) is 5.91 Å². The van der Waals surface area contributed by atoms with Gasteiger partial charge in [0.2, 0.25) is 5.91 Å². The van der Waals surface area contributed by atoms with Crippen LogP contribution in [-0.4, -0.2) is 16.8 Å². The molecule has 0 N–H and O–H groups in total. The van der Waals surface area contributed by atoms with Crippen LogP contribution in [0.15, 0.2) is 66.9 Å². The first-order chi connectivity index (χ1) is 11.3. The maximum absolute atomic E-state index is 12.0. The molecule has 2 nitrogen and oxygen atoms in total. The molecule has 1 fully saturated rings. The molecular formula is C21H23NO. The fourth-order valence-electron chi connectivity index (χ4n) is 3.12. The van der Waals surface area contributed by atoms with E-state index in [2.05, 4.69) is 61.5 Å². The van der Waals surface area contributed by atoms with Crippen molar-refractivity contribution in [2.45, 2.75) is 38.6 Å². The molecule has 1 amide bonds. The van der Waals surface area contributed by atoms with E-state index in [0.29, 0.717) is 12.5 Å². The number of nitrogens with zero attached hydrogens (tertiary/aromatic N) is 1. The topological polar surface area (TPSA) is 20.3 Å². The van der Waals surface area contributed by atoms with Crippen LogP contribution in [0.5, 0.6) is 0 Å². The lowest BCUT2D eigenvalue weighted by Crippen LogP contribution is -2.29. The highest BCUT2D eigenvalue weighted by molar-refractivity contribution is 5.79. The second-order valence-corrected chi connectivity index (χ2v) is 6.05. The van der Waals surface area contributed by atoms with Crippen LogP contribution in [0.1, 0.15) is 31.7 Å². The molecule has 2 aromatic carbocycles. The Morgan fingerprint density at radius 3 is 2.43 bits per heavy atom. The first-order valence-electron chi connectivity index (χ1n) is 8.40. The summed E-state index contributed by atoms with van der Waals surface area (Å²) in [7, 11) is 0. The van der Waals surface area contributed by atoms with Crippen LogP contribution in [0.2, 0.25) is 0 Å². The average molecular weight is 305 g/mol. The highest BCUT2D eigenvalue weighted by atomic mass is 16.2. The van der Waals surface area contributed by atoms with Crippen LogP contribution >= 0.6 is 0 Å². The molecule has 1 aliphatic rings. The molecule has 1 saturated heterocycles. The third-order valence-electron chi connectivity index (χ3n) is 4.41. The van der Waals surface area contributed by atoms with Crippen LogP contribution in [0.4, 0.5) is 0 Å². The highest BCUT2D eigenvalue weighted by Crippen LogP contribution is 2.25. The van der Waals surface area contributed by atoms with Crippen molar-refractivity contribution in [3.05, 3.63) is 72.4 Å². The molecule has 118 valence electrons. The zero-order valence-electron chi connectivity index (χ0n) is 13.6. The molecule has 23 heavy (non-hydrogen) atoms. The van der Waals surface area contributed by atoms with Crippen molar-refractivity contribution in [3.8, 4) is 11.1 Å². The number of hydrogen-bond donors (Lipinski definition) is 0. The van der Waals surface area contributed by atoms with E-state index in [9.17, 15) is 4.79 Å². The molecule has 1 aliphatic heterocycles. The van der Waals surface area contributed by atoms with E-state index in [0.717, 1.165) is 19.3 Å². The lowest BCUT2D eigenvalue weighted by Gasteiger charge is -2.21. The van der Waals surface area contributed by atoms with Crippen molar-refractivity contribution < 1.29 is 4.79 Å². The van der Waals surface area contributed by atoms with Crippen LogP contribution in [-0.2, 0) is 11.2 Å². The summed E-state index contributed by atoms with van der Waals surface area (Å²) in [5.74, 6) is 0.251. The molecule has 1 atom stereocenters. The molecule has 0 unspecified atom stereocenters. The van der Waals surface area contributed by atoms with Gasteiger partial charge in [-0.15, -0.1) is 0 Å². The molecule has 2 aromatic rings. The minimum Gasteiger partial charge on any atom is -0.316 e. The van der Waals surface area contributed by atoms with Gasteiger partial charge in [0.1, 0.15) is 0 Å². The van der Waals surface area contributed by atoms with Crippen LogP contribution in [0.3, 0.4) is 0 Å². The lowest BCUT2D eigenvalue weighted by molar-refractivity contribution is -0.126. The summed E-state index contributed by atoms with van der Waals surface area (Å²) >= 11 is 0. The summed E-state index contributed by atoms with van der Waals surface area (Å²) in [4.78, 5) is 13.9. The Morgan fingerprint density at radius 2 is 1.74 bits per heavy atom. The van der Waals surface area contributed by atoms with E-state index in [1.54, 1.807) is 0 Å². The van der Waals surface area contributed by atoms with Gasteiger partial charge in [0.15, 0.2) is 0 Å². The average Bonchev–Trinajstić information content (AvgIpc) is 2.94. The molecule has 0 bridgehead atoms. The summed E-state index contributed by atoms with van der Waals surface area (Å²) in [6.07, 6.45) is 7.54. The van der Waals surface area contributed by atoms with E-state index in [1.807, 2.05) is 17.2 Å². The summed E-state index contributed by atoms with van der Waals surface area (Å²) in [5.41, 5.74) is 3.77. The SMILES string of the molecule is CCC=CN1C(=O)CC[C@H]1Cc1ccc(-c2ccccc2)cc1. The number of hydrogen-bond acceptors (Lipinski definition) is 1. The van der Waals surface area contributed by atoms with E-state index in [1.165, 1.54) is 16.7 Å². The first kappa shape index (κ1) is 15.5. The van der Waals surface area contributed by atoms with E-state index in [4.69, 9.17) is 0 Å².